The normalized spacial score (nSPS) is 21.5. The first-order valence-corrected chi connectivity index (χ1v) is 7.00. The van der Waals surface area contributed by atoms with E-state index in [4.69, 9.17) is 4.74 Å². The van der Waals surface area contributed by atoms with E-state index in [0.29, 0.717) is 11.5 Å². The van der Waals surface area contributed by atoms with E-state index in [1.807, 2.05) is 5.38 Å². The van der Waals surface area contributed by atoms with Crippen LogP contribution in [0.4, 0.5) is 0 Å². The predicted octanol–water partition coefficient (Wildman–Crippen LogP) is 4.25. The van der Waals surface area contributed by atoms with E-state index in [-0.39, 0.29) is 0 Å². The molecule has 15 heavy (non-hydrogen) atoms. The number of hydrogen-bond donors (Lipinski definition) is 0. The second kappa shape index (κ2) is 4.42. The summed E-state index contributed by atoms with van der Waals surface area (Å²) >= 11 is 4.90. The van der Waals surface area contributed by atoms with Crippen molar-refractivity contribution >= 4 is 27.3 Å². The molecule has 1 aliphatic carbocycles. The highest BCUT2D eigenvalue weighted by molar-refractivity contribution is 9.10. The first-order chi connectivity index (χ1) is 7.05. The van der Waals surface area contributed by atoms with Crippen LogP contribution in [0, 0.1) is 5.41 Å². The predicted molar refractivity (Wildman–Crippen MR) is 66.5 cm³/mol. The van der Waals surface area contributed by atoms with Gasteiger partial charge >= 0.3 is 0 Å². The van der Waals surface area contributed by atoms with Crippen molar-refractivity contribution in [3.63, 3.8) is 0 Å². The highest BCUT2D eigenvalue weighted by atomic mass is 79.9. The molecule has 0 atom stereocenters. The van der Waals surface area contributed by atoms with Crippen LogP contribution in [-0.2, 0) is 0 Å². The maximum atomic E-state index is 5.85. The molecule has 0 N–H and O–H groups in total. The zero-order chi connectivity index (χ0) is 10.9. The van der Waals surface area contributed by atoms with Gasteiger partial charge in [-0.15, -0.1) is 0 Å². The average Bonchev–Trinajstić information content (AvgIpc) is 2.55. The number of thiazole rings is 1. The number of hydrogen-bond acceptors (Lipinski definition) is 3. The van der Waals surface area contributed by atoms with Gasteiger partial charge in [-0.2, -0.15) is 4.98 Å². The maximum Gasteiger partial charge on any atom is 0.274 e. The molecule has 2 rings (SSSR count). The first-order valence-electron chi connectivity index (χ1n) is 5.33. The summed E-state index contributed by atoms with van der Waals surface area (Å²) in [6, 6.07) is 0. The van der Waals surface area contributed by atoms with Crippen molar-refractivity contribution in [1.82, 2.24) is 4.98 Å². The zero-order valence-corrected chi connectivity index (χ0v) is 11.5. The van der Waals surface area contributed by atoms with Crippen LogP contribution in [0.3, 0.4) is 0 Å². The summed E-state index contributed by atoms with van der Waals surface area (Å²) in [6.45, 7) is 4.67. The van der Waals surface area contributed by atoms with Gasteiger partial charge in [-0.3, -0.25) is 0 Å². The smallest absolute Gasteiger partial charge is 0.274 e. The van der Waals surface area contributed by atoms with Gasteiger partial charge in [-0.1, -0.05) is 25.2 Å². The molecule has 0 unspecified atom stereocenters. The van der Waals surface area contributed by atoms with Gasteiger partial charge in [0.25, 0.3) is 5.19 Å². The quantitative estimate of drug-likeness (QED) is 0.812. The molecular formula is C11H16BrNOS. The monoisotopic (exact) mass is 289 g/mol. The van der Waals surface area contributed by atoms with Crippen molar-refractivity contribution in [3.8, 4) is 5.19 Å². The lowest BCUT2D eigenvalue weighted by Crippen LogP contribution is -2.28. The second-order valence-electron chi connectivity index (χ2n) is 4.92. The molecule has 1 heterocycles. The fourth-order valence-electron chi connectivity index (χ4n) is 1.93. The Labute approximate surface area is 103 Å². The number of rotatable bonds is 2. The standard InChI is InChI=1S/C11H16BrNOS/c1-11(2)5-3-8(4-6-11)14-10-13-9(12)7-15-10/h7-8H,3-6H2,1-2H3. The zero-order valence-electron chi connectivity index (χ0n) is 9.12. The average molecular weight is 290 g/mol. The molecule has 1 aromatic rings. The molecule has 1 fully saturated rings. The molecule has 0 bridgehead atoms. The lowest BCUT2D eigenvalue weighted by molar-refractivity contribution is 0.0984. The molecule has 0 aliphatic heterocycles. The number of halogens is 1. The van der Waals surface area contributed by atoms with Gasteiger partial charge in [0.1, 0.15) is 10.7 Å². The first kappa shape index (κ1) is 11.4. The molecule has 0 amide bonds. The molecule has 0 radical (unpaired) electrons. The van der Waals surface area contributed by atoms with E-state index < -0.39 is 0 Å². The number of aromatic nitrogens is 1. The second-order valence-corrected chi connectivity index (χ2v) is 6.55. The van der Waals surface area contributed by atoms with Crippen LogP contribution < -0.4 is 4.74 Å². The Morgan fingerprint density at radius 2 is 2.13 bits per heavy atom. The summed E-state index contributed by atoms with van der Waals surface area (Å²) < 4.78 is 6.72. The summed E-state index contributed by atoms with van der Waals surface area (Å²) in [7, 11) is 0. The third-order valence-corrected chi connectivity index (χ3v) is 4.45. The summed E-state index contributed by atoms with van der Waals surface area (Å²) in [6.07, 6.45) is 5.19. The van der Waals surface area contributed by atoms with Gasteiger partial charge in [-0.25, -0.2) is 0 Å². The fraction of sp³-hybridized carbons (Fsp3) is 0.727. The molecule has 84 valence electrons. The highest BCUT2D eigenvalue weighted by Crippen LogP contribution is 2.37. The lowest BCUT2D eigenvalue weighted by Gasteiger charge is -2.33. The van der Waals surface area contributed by atoms with Crippen LogP contribution in [0.15, 0.2) is 9.98 Å². The van der Waals surface area contributed by atoms with Gasteiger partial charge in [0.15, 0.2) is 0 Å². The van der Waals surface area contributed by atoms with E-state index in [9.17, 15) is 0 Å². The minimum Gasteiger partial charge on any atom is -0.467 e. The fourth-order valence-corrected chi connectivity index (χ4v) is 3.08. The van der Waals surface area contributed by atoms with E-state index in [1.165, 1.54) is 12.8 Å². The highest BCUT2D eigenvalue weighted by Gasteiger charge is 2.28. The molecule has 1 aromatic heterocycles. The Kier molecular flexibility index (Phi) is 3.36. The minimum absolute atomic E-state index is 0.371. The van der Waals surface area contributed by atoms with Crippen molar-refractivity contribution in [2.45, 2.75) is 45.6 Å². The van der Waals surface area contributed by atoms with Crippen molar-refractivity contribution in [3.05, 3.63) is 9.98 Å². The molecule has 0 spiro atoms. The molecule has 4 heteroatoms. The Balaban J connectivity index is 1.87. The van der Waals surface area contributed by atoms with Gasteiger partial charge in [-0.05, 0) is 47.0 Å². The Hall–Kier alpha value is -0.0900. The third-order valence-electron chi connectivity index (χ3n) is 3.01. The maximum absolute atomic E-state index is 5.85. The summed E-state index contributed by atoms with van der Waals surface area (Å²) in [5, 5.41) is 2.76. The van der Waals surface area contributed by atoms with Crippen molar-refractivity contribution in [2.75, 3.05) is 0 Å². The topological polar surface area (TPSA) is 22.1 Å². The van der Waals surface area contributed by atoms with Crippen LogP contribution in [0.1, 0.15) is 39.5 Å². The Bertz CT molecular complexity index is 327. The largest absolute Gasteiger partial charge is 0.467 e. The number of nitrogens with zero attached hydrogens (tertiary/aromatic N) is 1. The van der Waals surface area contributed by atoms with Gasteiger partial charge in [0.05, 0.1) is 0 Å². The molecule has 0 aromatic carbocycles. The van der Waals surface area contributed by atoms with Crippen LogP contribution in [0.5, 0.6) is 5.19 Å². The van der Waals surface area contributed by atoms with Crippen molar-refractivity contribution in [1.29, 1.82) is 0 Å². The van der Waals surface area contributed by atoms with E-state index in [1.54, 1.807) is 11.3 Å². The van der Waals surface area contributed by atoms with Crippen LogP contribution in [0.2, 0.25) is 0 Å². The molecule has 1 aliphatic rings. The molecular weight excluding hydrogens is 274 g/mol. The van der Waals surface area contributed by atoms with E-state index in [2.05, 4.69) is 34.8 Å². The summed E-state index contributed by atoms with van der Waals surface area (Å²) in [5.41, 5.74) is 0.503. The minimum atomic E-state index is 0.371. The SMILES string of the molecule is CC1(C)CCC(Oc2nc(Br)cs2)CC1. The molecule has 0 saturated heterocycles. The van der Waals surface area contributed by atoms with Crippen LogP contribution >= 0.6 is 27.3 Å². The van der Waals surface area contributed by atoms with E-state index >= 15 is 0 Å². The molecule has 2 nitrogen and oxygen atoms in total. The van der Waals surface area contributed by atoms with E-state index in [0.717, 1.165) is 22.6 Å². The lowest BCUT2D eigenvalue weighted by atomic mass is 9.76. The van der Waals surface area contributed by atoms with Gasteiger partial charge < -0.3 is 4.74 Å². The number of ether oxygens (including phenoxy) is 1. The van der Waals surface area contributed by atoms with Crippen LogP contribution in [-0.4, -0.2) is 11.1 Å². The van der Waals surface area contributed by atoms with Crippen molar-refractivity contribution in [2.24, 2.45) is 5.41 Å². The third kappa shape index (κ3) is 3.18. The molecule has 1 saturated carbocycles. The van der Waals surface area contributed by atoms with Crippen LogP contribution in [0.25, 0.3) is 0 Å². The Morgan fingerprint density at radius 1 is 1.47 bits per heavy atom. The van der Waals surface area contributed by atoms with Gasteiger partial charge in [0, 0.05) is 5.38 Å². The summed E-state index contributed by atoms with van der Waals surface area (Å²) in [5.74, 6) is 0. The summed E-state index contributed by atoms with van der Waals surface area (Å²) in [4.78, 5) is 4.25. The Morgan fingerprint density at radius 3 is 2.67 bits per heavy atom. The van der Waals surface area contributed by atoms with Gasteiger partial charge in [0.2, 0.25) is 0 Å². The van der Waals surface area contributed by atoms with Crippen molar-refractivity contribution < 1.29 is 4.74 Å².